The van der Waals surface area contributed by atoms with Crippen LogP contribution in [-0.2, 0) is 9.53 Å². The number of carbonyl (C=O) groups excluding carboxylic acids is 1. The Balaban J connectivity index is 2.54. The summed E-state index contributed by atoms with van der Waals surface area (Å²) in [5, 5.41) is 0. The minimum atomic E-state index is -0.355. The fraction of sp³-hybridized carbons (Fsp3) is 0.222. The van der Waals surface area contributed by atoms with Gasteiger partial charge in [0.1, 0.15) is 6.33 Å². The zero-order valence-corrected chi connectivity index (χ0v) is 7.30. The number of carbonyl (C=O) groups is 1. The predicted molar refractivity (Wildman–Crippen MR) is 47.7 cm³/mol. The molecule has 0 fully saturated rings. The van der Waals surface area contributed by atoms with Crippen molar-refractivity contribution in [2.45, 2.75) is 6.92 Å². The molecule has 0 saturated heterocycles. The molecule has 0 amide bonds. The molecule has 0 bridgehead atoms. The molecule has 13 heavy (non-hydrogen) atoms. The van der Waals surface area contributed by atoms with Crippen molar-refractivity contribution in [3.05, 3.63) is 30.4 Å². The monoisotopic (exact) mass is 178 g/mol. The maximum absolute atomic E-state index is 10.9. The summed E-state index contributed by atoms with van der Waals surface area (Å²) in [5.74, 6) is -0.355. The summed E-state index contributed by atoms with van der Waals surface area (Å²) in [4.78, 5) is 18.5. The van der Waals surface area contributed by atoms with Gasteiger partial charge in [-0.05, 0) is 13.0 Å². The number of nitrogens with zero attached hydrogens (tertiary/aromatic N) is 2. The van der Waals surface area contributed by atoms with Crippen LogP contribution in [-0.4, -0.2) is 22.5 Å². The number of ether oxygens (including phenoxy) is 1. The fourth-order valence-electron chi connectivity index (χ4n) is 0.751. The van der Waals surface area contributed by atoms with Crippen molar-refractivity contribution in [3.63, 3.8) is 0 Å². The van der Waals surface area contributed by atoms with E-state index in [0.29, 0.717) is 6.61 Å². The van der Waals surface area contributed by atoms with Crippen molar-refractivity contribution in [3.8, 4) is 0 Å². The highest BCUT2D eigenvalue weighted by Gasteiger charge is 1.92. The quantitative estimate of drug-likeness (QED) is 0.513. The highest BCUT2D eigenvalue weighted by molar-refractivity contribution is 5.86. The molecule has 0 spiro atoms. The Morgan fingerprint density at radius 3 is 2.85 bits per heavy atom. The van der Waals surface area contributed by atoms with Gasteiger partial charge in [-0.15, -0.1) is 0 Å². The second kappa shape index (κ2) is 5.03. The molecule has 4 nitrogen and oxygen atoms in total. The summed E-state index contributed by atoms with van der Waals surface area (Å²) in [6.45, 7) is 2.14. The van der Waals surface area contributed by atoms with Crippen molar-refractivity contribution < 1.29 is 9.53 Å². The average Bonchev–Trinajstić information content (AvgIpc) is 2.17. The molecule has 1 heterocycles. The highest BCUT2D eigenvalue weighted by atomic mass is 16.5. The van der Waals surface area contributed by atoms with E-state index >= 15 is 0 Å². The number of hydrogen-bond acceptors (Lipinski definition) is 4. The SMILES string of the molecule is CCOC(=O)/C=C\c1cncnc1. The van der Waals surface area contributed by atoms with Crippen LogP contribution in [0.25, 0.3) is 6.08 Å². The van der Waals surface area contributed by atoms with E-state index in [0.717, 1.165) is 5.56 Å². The lowest BCUT2D eigenvalue weighted by atomic mass is 10.3. The van der Waals surface area contributed by atoms with E-state index in [1.807, 2.05) is 0 Å². The van der Waals surface area contributed by atoms with Crippen molar-refractivity contribution in [1.82, 2.24) is 9.97 Å². The first-order chi connectivity index (χ1) is 6.33. The van der Waals surface area contributed by atoms with Gasteiger partial charge in [-0.2, -0.15) is 0 Å². The van der Waals surface area contributed by atoms with E-state index in [-0.39, 0.29) is 5.97 Å². The molecule has 0 aromatic carbocycles. The third-order valence-corrected chi connectivity index (χ3v) is 1.28. The molecule has 1 rings (SSSR count). The van der Waals surface area contributed by atoms with Crippen LogP contribution in [0.3, 0.4) is 0 Å². The molecule has 0 N–H and O–H groups in total. The number of aromatic nitrogens is 2. The van der Waals surface area contributed by atoms with Gasteiger partial charge in [0, 0.05) is 24.0 Å². The Kier molecular flexibility index (Phi) is 3.63. The summed E-state index contributed by atoms with van der Waals surface area (Å²) in [6.07, 6.45) is 7.62. The van der Waals surface area contributed by atoms with Crippen LogP contribution in [0.5, 0.6) is 0 Å². The lowest BCUT2D eigenvalue weighted by Gasteiger charge is -1.94. The van der Waals surface area contributed by atoms with E-state index in [1.165, 1.54) is 12.4 Å². The van der Waals surface area contributed by atoms with Gasteiger partial charge in [0.25, 0.3) is 0 Å². The Morgan fingerprint density at radius 2 is 2.23 bits per heavy atom. The van der Waals surface area contributed by atoms with Crippen molar-refractivity contribution in [2.24, 2.45) is 0 Å². The van der Waals surface area contributed by atoms with Crippen LogP contribution in [0.2, 0.25) is 0 Å². The molecule has 4 heteroatoms. The molecule has 1 aromatic heterocycles. The van der Waals surface area contributed by atoms with Gasteiger partial charge in [-0.1, -0.05) is 0 Å². The predicted octanol–water partition coefficient (Wildman–Crippen LogP) is 1.05. The largest absolute Gasteiger partial charge is 0.463 e. The molecule has 0 aliphatic rings. The van der Waals surface area contributed by atoms with E-state index in [1.54, 1.807) is 25.4 Å². The standard InChI is InChI=1S/C9H10N2O2/c1-2-13-9(12)4-3-8-5-10-7-11-6-8/h3-7H,2H2,1H3/b4-3-. The Bertz CT molecular complexity index is 296. The number of hydrogen-bond donors (Lipinski definition) is 0. The lowest BCUT2D eigenvalue weighted by molar-refractivity contribution is -0.137. The summed E-state index contributed by atoms with van der Waals surface area (Å²) < 4.78 is 4.70. The summed E-state index contributed by atoms with van der Waals surface area (Å²) in [7, 11) is 0. The summed E-state index contributed by atoms with van der Waals surface area (Å²) in [5.41, 5.74) is 0.774. The van der Waals surface area contributed by atoms with E-state index in [4.69, 9.17) is 4.74 Å². The van der Waals surface area contributed by atoms with Gasteiger partial charge < -0.3 is 4.74 Å². The molecular formula is C9H10N2O2. The first-order valence-electron chi connectivity index (χ1n) is 3.92. The Morgan fingerprint density at radius 1 is 1.54 bits per heavy atom. The average molecular weight is 178 g/mol. The van der Waals surface area contributed by atoms with Crippen LogP contribution in [0.1, 0.15) is 12.5 Å². The van der Waals surface area contributed by atoms with Gasteiger partial charge in [0.2, 0.25) is 0 Å². The lowest BCUT2D eigenvalue weighted by Crippen LogP contribution is -1.98. The molecule has 1 aromatic rings. The second-order valence-electron chi connectivity index (χ2n) is 2.26. The van der Waals surface area contributed by atoms with Crippen LogP contribution in [0.4, 0.5) is 0 Å². The molecule has 0 radical (unpaired) electrons. The molecule has 0 aliphatic carbocycles. The normalized spacial score (nSPS) is 10.2. The van der Waals surface area contributed by atoms with Gasteiger partial charge in [0.05, 0.1) is 6.61 Å². The zero-order valence-electron chi connectivity index (χ0n) is 7.30. The zero-order chi connectivity index (χ0) is 9.52. The smallest absolute Gasteiger partial charge is 0.330 e. The van der Waals surface area contributed by atoms with Gasteiger partial charge >= 0.3 is 5.97 Å². The third kappa shape index (κ3) is 3.46. The van der Waals surface area contributed by atoms with Crippen LogP contribution >= 0.6 is 0 Å². The number of esters is 1. The number of rotatable bonds is 3. The van der Waals surface area contributed by atoms with E-state index in [2.05, 4.69) is 9.97 Å². The first-order valence-corrected chi connectivity index (χ1v) is 3.92. The fourth-order valence-corrected chi connectivity index (χ4v) is 0.751. The molecule has 68 valence electrons. The van der Waals surface area contributed by atoms with Crippen LogP contribution in [0.15, 0.2) is 24.8 Å². The minimum absolute atomic E-state index is 0.355. The Labute approximate surface area is 76.3 Å². The van der Waals surface area contributed by atoms with Gasteiger partial charge in [0.15, 0.2) is 0 Å². The van der Waals surface area contributed by atoms with Gasteiger partial charge in [-0.25, -0.2) is 14.8 Å². The van der Waals surface area contributed by atoms with Crippen molar-refractivity contribution in [1.29, 1.82) is 0 Å². The van der Waals surface area contributed by atoms with Crippen LogP contribution in [0, 0.1) is 0 Å². The topological polar surface area (TPSA) is 52.1 Å². The summed E-state index contributed by atoms with van der Waals surface area (Å²) in [6, 6.07) is 0. The van der Waals surface area contributed by atoms with Gasteiger partial charge in [-0.3, -0.25) is 0 Å². The molecule has 0 atom stereocenters. The maximum Gasteiger partial charge on any atom is 0.330 e. The highest BCUT2D eigenvalue weighted by Crippen LogP contribution is 1.96. The minimum Gasteiger partial charge on any atom is -0.463 e. The second-order valence-corrected chi connectivity index (χ2v) is 2.26. The Hall–Kier alpha value is -1.71. The van der Waals surface area contributed by atoms with Crippen LogP contribution < -0.4 is 0 Å². The molecule has 0 unspecified atom stereocenters. The maximum atomic E-state index is 10.9. The summed E-state index contributed by atoms with van der Waals surface area (Å²) >= 11 is 0. The van der Waals surface area contributed by atoms with Crippen molar-refractivity contribution >= 4 is 12.0 Å². The van der Waals surface area contributed by atoms with E-state index in [9.17, 15) is 4.79 Å². The molecular weight excluding hydrogens is 168 g/mol. The molecule has 0 aliphatic heterocycles. The van der Waals surface area contributed by atoms with Crippen molar-refractivity contribution in [2.75, 3.05) is 6.61 Å². The first kappa shape index (κ1) is 9.38. The molecule has 0 saturated carbocycles. The third-order valence-electron chi connectivity index (χ3n) is 1.28. The van der Waals surface area contributed by atoms with E-state index < -0.39 is 0 Å².